The van der Waals surface area contributed by atoms with Crippen molar-refractivity contribution in [2.75, 3.05) is 25.1 Å². The predicted octanol–water partition coefficient (Wildman–Crippen LogP) is 4.20. The summed E-state index contributed by atoms with van der Waals surface area (Å²) >= 11 is 1.56. The minimum absolute atomic E-state index is 0.0253. The Balaban J connectivity index is 1.95. The molecular weight excluding hydrogens is 412 g/mol. The minimum Gasteiger partial charge on any atom is -0.469 e. The molecule has 3 unspecified atom stereocenters. The number of nitrogens with zero attached hydrogens (tertiary/aromatic N) is 2. The molecule has 3 atom stereocenters. The van der Waals surface area contributed by atoms with Gasteiger partial charge in [0.1, 0.15) is 0 Å². The lowest BCUT2D eigenvalue weighted by molar-refractivity contribution is -0.147. The van der Waals surface area contributed by atoms with Crippen molar-refractivity contribution < 1.29 is 19.1 Å². The highest BCUT2D eigenvalue weighted by Gasteiger charge is 2.43. The number of carbonyl (C=O) groups is 3. The summed E-state index contributed by atoms with van der Waals surface area (Å²) in [5, 5.41) is 1.97. The van der Waals surface area contributed by atoms with E-state index in [9.17, 15) is 14.4 Å². The van der Waals surface area contributed by atoms with Crippen LogP contribution in [0.3, 0.4) is 0 Å². The predicted molar refractivity (Wildman–Crippen MR) is 122 cm³/mol. The molecule has 1 saturated heterocycles. The van der Waals surface area contributed by atoms with Gasteiger partial charge in [0.2, 0.25) is 11.8 Å². The normalized spacial score (nSPS) is 19.7. The number of carbonyl (C=O) groups excluding carboxylic acids is 3. The Bertz CT molecular complexity index is 910. The number of rotatable bonds is 7. The highest BCUT2D eigenvalue weighted by Crippen LogP contribution is 2.42. The van der Waals surface area contributed by atoms with Gasteiger partial charge < -0.3 is 14.5 Å². The minimum atomic E-state index is -0.410. The van der Waals surface area contributed by atoms with Crippen molar-refractivity contribution >= 4 is 34.8 Å². The van der Waals surface area contributed by atoms with E-state index in [4.69, 9.17) is 4.74 Å². The third kappa shape index (κ3) is 4.98. The standard InChI is InChI=1S/C24H30N2O4S/c1-5-25(15-17(3)24(29)30-4)23(28)19-12-13-21(27)26(18-10-8-16(2)9-11-18)22(19)20-7-6-14-31-20/h6-11,14,17,19,22H,5,12-13,15H2,1-4H3. The first-order chi connectivity index (χ1) is 14.9. The van der Waals surface area contributed by atoms with E-state index in [-0.39, 0.29) is 29.7 Å². The van der Waals surface area contributed by atoms with E-state index in [1.54, 1.807) is 28.1 Å². The fourth-order valence-corrected chi connectivity index (χ4v) is 5.04. The molecular formula is C24H30N2O4S. The monoisotopic (exact) mass is 442 g/mol. The SMILES string of the molecule is CCN(CC(C)C(=O)OC)C(=O)C1CCC(=O)N(c2ccc(C)cc2)C1c1cccs1. The van der Waals surface area contributed by atoms with Crippen LogP contribution in [0, 0.1) is 18.8 Å². The van der Waals surface area contributed by atoms with E-state index < -0.39 is 5.92 Å². The smallest absolute Gasteiger partial charge is 0.310 e. The third-order valence-corrected chi connectivity index (χ3v) is 6.80. The summed E-state index contributed by atoms with van der Waals surface area (Å²) in [6.07, 6.45) is 0.808. The molecule has 1 aliphatic heterocycles. The number of ether oxygens (including phenoxy) is 1. The van der Waals surface area contributed by atoms with Gasteiger partial charge in [-0.05, 0) is 43.8 Å². The number of hydrogen-bond donors (Lipinski definition) is 0. The number of methoxy groups -OCH3 is 1. The number of thiophene rings is 1. The summed E-state index contributed by atoms with van der Waals surface area (Å²) in [6.45, 7) is 6.47. The van der Waals surface area contributed by atoms with Crippen LogP contribution in [-0.4, -0.2) is 42.9 Å². The average molecular weight is 443 g/mol. The average Bonchev–Trinajstić information content (AvgIpc) is 3.31. The van der Waals surface area contributed by atoms with Crippen molar-refractivity contribution in [3.05, 3.63) is 52.2 Å². The van der Waals surface area contributed by atoms with Crippen molar-refractivity contribution in [1.82, 2.24) is 4.90 Å². The Kier molecular flexibility index (Phi) is 7.49. The molecule has 0 N–H and O–H groups in total. The summed E-state index contributed by atoms with van der Waals surface area (Å²) in [6, 6.07) is 11.4. The van der Waals surface area contributed by atoms with Gasteiger partial charge in [0, 0.05) is 30.1 Å². The molecule has 3 rings (SSSR count). The first-order valence-electron chi connectivity index (χ1n) is 10.7. The molecule has 1 fully saturated rings. The van der Waals surface area contributed by atoms with Gasteiger partial charge in [-0.1, -0.05) is 30.7 Å². The summed E-state index contributed by atoms with van der Waals surface area (Å²) in [7, 11) is 1.36. The van der Waals surface area contributed by atoms with Crippen LogP contribution in [0.25, 0.3) is 0 Å². The van der Waals surface area contributed by atoms with Crippen molar-refractivity contribution in [2.45, 2.75) is 39.7 Å². The van der Waals surface area contributed by atoms with Crippen LogP contribution < -0.4 is 4.90 Å². The number of benzene rings is 1. The van der Waals surface area contributed by atoms with Gasteiger partial charge in [0.15, 0.2) is 0 Å². The molecule has 1 aromatic carbocycles. The van der Waals surface area contributed by atoms with Crippen molar-refractivity contribution in [1.29, 1.82) is 0 Å². The fourth-order valence-electron chi connectivity index (χ4n) is 4.16. The largest absolute Gasteiger partial charge is 0.469 e. The van der Waals surface area contributed by atoms with Crippen LogP contribution in [0.4, 0.5) is 5.69 Å². The molecule has 166 valence electrons. The van der Waals surface area contributed by atoms with Gasteiger partial charge in [-0.15, -0.1) is 11.3 Å². The van der Waals surface area contributed by atoms with Gasteiger partial charge in [-0.25, -0.2) is 0 Å². The number of esters is 1. The van der Waals surface area contributed by atoms with E-state index in [0.29, 0.717) is 25.9 Å². The summed E-state index contributed by atoms with van der Waals surface area (Å²) in [5.41, 5.74) is 1.92. The van der Waals surface area contributed by atoms with E-state index in [2.05, 4.69) is 0 Å². The zero-order valence-electron chi connectivity index (χ0n) is 18.5. The van der Waals surface area contributed by atoms with Crippen molar-refractivity contribution in [2.24, 2.45) is 11.8 Å². The van der Waals surface area contributed by atoms with Gasteiger partial charge in [-0.2, -0.15) is 0 Å². The van der Waals surface area contributed by atoms with Gasteiger partial charge >= 0.3 is 5.97 Å². The molecule has 0 spiro atoms. The Morgan fingerprint density at radius 3 is 2.55 bits per heavy atom. The Hall–Kier alpha value is -2.67. The fraction of sp³-hybridized carbons (Fsp3) is 0.458. The quantitative estimate of drug-likeness (QED) is 0.603. The molecule has 2 amide bonds. The highest BCUT2D eigenvalue weighted by atomic mass is 32.1. The maximum Gasteiger partial charge on any atom is 0.310 e. The van der Waals surface area contributed by atoms with E-state index in [1.165, 1.54) is 7.11 Å². The van der Waals surface area contributed by atoms with Crippen LogP contribution >= 0.6 is 11.3 Å². The van der Waals surface area contributed by atoms with Gasteiger partial charge in [0.25, 0.3) is 0 Å². The number of piperidine rings is 1. The van der Waals surface area contributed by atoms with Gasteiger partial charge in [0.05, 0.1) is 25.0 Å². The number of anilines is 1. The van der Waals surface area contributed by atoms with Crippen molar-refractivity contribution in [3.63, 3.8) is 0 Å². The maximum atomic E-state index is 13.7. The molecule has 6 nitrogen and oxygen atoms in total. The molecule has 1 aromatic heterocycles. The van der Waals surface area contributed by atoms with E-state index in [1.807, 2.05) is 55.6 Å². The molecule has 0 aliphatic carbocycles. The summed E-state index contributed by atoms with van der Waals surface area (Å²) < 4.78 is 4.83. The Morgan fingerprint density at radius 2 is 1.97 bits per heavy atom. The van der Waals surface area contributed by atoms with Gasteiger partial charge in [-0.3, -0.25) is 14.4 Å². The van der Waals surface area contributed by atoms with Crippen LogP contribution in [0.1, 0.15) is 43.2 Å². The van der Waals surface area contributed by atoms with Crippen LogP contribution in [-0.2, 0) is 19.1 Å². The molecule has 31 heavy (non-hydrogen) atoms. The van der Waals surface area contributed by atoms with Crippen LogP contribution in [0.15, 0.2) is 41.8 Å². The topological polar surface area (TPSA) is 66.9 Å². The molecule has 0 bridgehead atoms. The Labute approximate surface area is 187 Å². The number of amides is 2. The molecule has 1 aliphatic rings. The number of aryl methyl sites for hydroxylation is 1. The van der Waals surface area contributed by atoms with Crippen LogP contribution in [0.5, 0.6) is 0 Å². The molecule has 2 heterocycles. The second-order valence-corrected chi connectivity index (χ2v) is 8.99. The third-order valence-electron chi connectivity index (χ3n) is 5.85. The highest BCUT2D eigenvalue weighted by molar-refractivity contribution is 7.10. The Morgan fingerprint density at radius 1 is 1.26 bits per heavy atom. The molecule has 2 aromatic rings. The first-order valence-corrected chi connectivity index (χ1v) is 11.5. The lowest BCUT2D eigenvalue weighted by atomic mass is 9.85. The molecule has 7 heteroatoms. The zero-order valence-corrected chi connectivity index (χ0v) is 19.4. The first kappa shape index (κ1) is 23.0. The lowest BCUT2D eigenvalue weighted by Crippen LogP contribution is -2.50. The zero-order chi connectivity index (χ0) is 22.5. The summed E-state index contributed by atoms with van der Waals surface area (Å²) in [4.78, 5) is 43.1. The lowest BCUT2D eigenvalue weighted by Gasteiger charge is -2.42. The van der Waals surface area contributed by atoms with E-state index >= 15 is 0 Å². The second-order valence-electron chi connectivity index (χ2n) is 8.01. The second kappa shape index (κ2) is 10.1. The van der Waals surface area contributed by atoms with Crippen molar-refractivity contribution in [3.8, 4) is 0 Å². The summed E-state index contributed by atoms with van der Waals surface area (Å²) in [5.74, 6) is -1.12. The number of hydrogen-bond acceptors (Lipinski definition) is 5. The molecule has 0 saturated carbocycles. The van der Waals surface area contributed by atoms with E-state index in [0.717, 1.165) is 16.1 Å². The molecule has 0 radical (unpaired) electrons. The maximum absolute atomic E-state index is 13.7. The van der Waals surface area contributed by atoms with Crippen LogP contribution in [0.2, 0.25) is 0 Å².